The molecule has 1 saturated heterocycles. The van der Waals surface area contributed by atoms with Crippen LogP contribution in [0.25, 0.3) is 0 Å². The van der Waals surface area contributed by atoms with Gasteiger partial charge < -0.3 is 5.73 Å². The van der Waals surface area contributed by atoms with Gasteiger partial charge in [-0.25, -0.2) is 0 Å². The highest BCUT2D eigenvalue weighted by molar-refractivity contribution is 6.45. The van der Waals surface area contributed by atoms with Crippen LogP contribution < -0.4 is 16.1 Å². The quantitative estimate of drug-likeness (QED) is 0.331. The molecular weight excluding hydrogens is 320 g/mol. The number of benzene rings is 1. The summed E-state index contributed by atoms with van der Waals surface area (Å²) in [5.41, 5.74) is 8.70. The number of hydrogen-bond donors (Lipinski definition) is 3. The fourth-order valence-corrected chi connectivity index (χ4v) is 3.37. The number of hydrogen-bond acceptors (Lipinski definition) is 6. The van der Waals surface area contributed by atoms with Gasteiger partial charge in [-0.1, -0.05) is 12.8 Å². The van der Waals surface area contributed by atoms with E-state index in [9.17, 15) is 9.59 Å². The van der Waals surface area contributed by atoms with Crippen LogP contribution >= 0.6 is 0 Å². The van der Waals surface area contributed by atoms with Crippen molar-refractivity contribution < 1.29 is 9.59 Å². The Bertz CT molecular complexity index is 768. The Morgan fingerprint density at radius 1 is 1.20 bits per heavy atom. The van der Waals surface area contributed by atoms with E-state index in [1.807, 2.05) is 0 Å². The molecule has 2 atom stereocenters. The van der Waals surface area contributed by atoms with Gasteiger partial charge in [0.15, 0.2) is 5.84 Å². The molecule has 1 saturated carbocycles. The summed E-state index contributed by atoms with van der Waals surface area (Å²) in [5.74, 6) is -1.02. The third-order valence-corrected chi connectivity index (χ3v) is 4.62. The normalized spacial score (nSPS) is 23.2. The number of imide groups is 1. The van der Waals surface area contributed by atoms with Crippen molar-refractivity contribution in [2.24, 2.45) is 22.7 Å². The van der Waals surface area contributed by atoms with Gasteiger partial charge in [0.1, 0.15) is 6.07 Å². The first-order valence-electron chi connectivity index (χ1n) is 8.09. The van der Waals surface area contributed by atoms with Gasteiger partial charge in [0, 0.05) is 0 Å². The number of carbonyl (C=O) groups is 2. The van der Waals surface area contributed by atoms with Gasteiger partial charge in [0.05, 0.1) is 23.2 Å². The molecule has 1 aliphatic heterocycles. The van der Waals surface area contributed by atoms with Crippen LogP contribution in [0.4, 0.5) is 11.4 Å². The van der Waals surface area contributed by atoms with E-state index < -0.39 is 5.84 Å². The van der Waals surface area contributed by atoms with E-state index in [1.165, 1.54) is 4.90 Å². The second-order valence-corrected chi connectivity index (χ2v) is 6.15. The van der Waals surface area contributed by atoms with Gasteiger partial charge in [0.2, 0.25) is 17.5 Å². The van der Waals surface area contributed by atoms with E-state index in [1.54, 1.807) is 30.3 Å². The number of amides is 2. The molecule has 1 aromatic rings. The van der Waals surface area contributed by atoms with Crippen molar-refractivity contribution in [1.82, 2.24) is 0 Å². The zero-order valence-corrected chi connectivity index (χ0v) is 13.5. The topological polar surface area (TPSA) is 135 Å². The smallest absolute Gasteiger partial charge is 0.237 e. The molecule has 1 heterocycles. The second-order valence-electron chi connectivity index (χ2n) is 6.15. The highest BCUT2D eigenvalue weighted by atomic mass is 16.2. The number of anilines is 2. The van der Waals surface area contributed by atoms with Crippen LogP contribution in [-0.2, 0) is 9.59 Å². The van der Waals surface area contributed by atoms with E-state index in [0.717, 1.165) is 25.7 Å². The lowest BCUT2D eigenvalue weighted by molar-refractivity contribution is -0.122. The first-order valence-corrected chi connectivity index (χ1v) is 8.09. The standard InChI is InChI=1S/C17H18N6O2/c18-9-14(15(19)20)22-21-10-5-7-11(8-6-10)23-16(24)12-3-1-2-4-13(12)17(23)25/h5-8,12-13,21H,1-4H2,(H3,19,20)/b22-14+. The van der Waals surface area contributed by atoms with Crippen molar-refractivity contribution in [2.45, 2.75) is 25.7 Å². The van der Waals surface area contributed by atoms with Crippen LogP contribution in [0.15, 0.2) is 29.4 Å². The third kappa shape index (κ3) is 3.08. The molecule has 0 bridgehead atoms. The molecule has 128 valence electrons. The van der Waals surface area contributed by atoms with E-state index in [-0.39, 0.29) is 29.4 Å². The van der Waals surface area contributed by atoms with Gasteiger partial charge in [0.25, 0.3) is 0 Å². The van der Waals surface area contributed by atoms with Crippen LogP contribution in [0.1, 0.15) is 25.7 Å². The lowest BCUT2D eigenvalue weighted by Gasteiger charge is -2.19. The predicted octanol–water partition coefficient (Wildman–Crippen LogP) is 1.59. The summed E-state index contributed by atoms with van der Waals surface area (Å²) in [7, 11) is 0. The Morgan fingerprint density at radius 2 is 1.76 bits per heavy atom. The van der Waals surface area contributed by atoms with Gasteiger partial charge in [-0.2, -0.15) is 10.4 Å². The number of nitrogens with one attached hydrogen (secondary N) is 2. The summed E-state index contributed by atoms with van der Waals surface area (Å²) in [4.78, 5) is 26.4. The maximum Gasteiger partial charge on any atom is 0.237 e. The molecule has 0 spiro atoms. The number of hydrazone groups is 1. The molecule has 8 heteroatoms. The minimum atomic E-state index is -0.428. The molecule has 8 nitrogen and oxygen atoms in total. The Morgan fingerprint density at radius 3 is 2.24 bits per heavy atom. The van der Waals surface area contributed by atoms with E-state index in [0.29, 0.717) is 11.4 Å². The molecule has 4 N–H and O–H groups in total. The Hall–Kier alpha value is -3.21. The number of nitriles is 1. The molecule has 2 fully saturated rings. The first kappa shape index (κ1) is 16.6. The molecule has 1 aliphatic carbocycles. The number of nitrogens with two attached hydrogens (primary N) is 1. The van der Waals surface area contributed by atoms with Crippen molar-refractivity contribution in [2.75, 3.05) is 10.3 Å². The minimum Gasteiger partial charge on any atom is -0.382 e. The van der Waals surface area contributed by atoms with Crippen LogP contribution in [0.5, 0.6) is 0 Å². The second kappa shape index (κ2) is 6.73. The summed E-state index contributed by atoms with van der Waals surface area (Å²) in [6.07, 6.45) is 3.54. The van der Waals surface area contributed by atoms with E-state index >= 15 is 0 Å². The fourth-order valence-electron chi connectivity index (χ4n) is 3.37. The lowest BCUT2D eigenvalue weighted by atomic mass is 9.81. The molecular formula is C17H18N6O2. The highest BCUT2D eigenvalue weighted by Crippen LogP contribution is 2.40. The van der Waals surface area contributed by atoms with Crippen LogP contribution in [0.3, 0.4) is 0 Å². The summed E-state index contributed by atoms with van der Waals surface area (Å²) >= 11 is 0. The van der Waals surface area contributed by atoms with Crippen LogP contribution in [0, 0.1) is 28.6 Å². The molecule has 3 rings (SSSR count). The zero-order chi connectivity index (χ0) is 18.0. The summed E-state index contributed by atoms with van der Waals surface area (Å²) in [6, 6.07) is 8.32. The van der Waals surface area contributed by atoms with E-state index in [2.05, 4.69) is 10.5 Å². The van der Waals surface area contributed by atoms with Gasteiger partial charge >= 0.3 is 0 Å². The van der Waals surface area contributed by atoms with Crippen LogP contribution in [-0.4, -0.2) is 23.4 Å². The van der Waals surface area contributed by atoms with E-state index in [4.69, 9.17) is 16.4 Å². The third-order valence-electron chi connectivity index (χ3n) is 4.62. The maximum atomic E-state index is 12.6. The summed E-state index contributed by atoms with van der Waals surface area (Å²) in [5, 5.41) is 19.7. The Kier molecular flexibility index (Phi) is 4.48. The number of amidine groups is 1. The summed E-state index contributed by atoms with van der Waals surface area (Å²) in [6.45, 7) is 0. The van der Waals surface area contributed by atoms with Gasteiger partial charge in [-0.15, -0.1) is 0 Å². The number of nitrogens with zero attached hydrogens (tertiary/aromatic N) is 3. The number of fused-ring (bicyclic) bond motifs is 1. The van der Waals surface area contributed by atoms with Gasteiger partial charge in [-0.3, -0.25) is 25.3 Å². The molecule has 1 aromatic carbocycles. The lowest BCUT2D eigenvalue weighted by Crippen LogP contribution is -2.30. The van der Waals surface area contributed by atoms with Gasteiger partial charge in [-0.05, 0) is 37.1 Å². The zero-order valence-electron chi connectivity index (χ0n) is 13.5. The number of carbonyl (C=O) groups excluding carboxylic acids is 2. The molecule has 0 radical (unpaired) electrons. The molecule has 25 heavy (non-hydrogen) atoms. The first-order chi connectivity index (χ1) is 12.0. The van der Waals surface area contributed by atoms with Crippen molar-refractivity contribution in [3.8, 4) is 6.07 Å². The summed E-state index contributed by atoms with van der Waals surface area (Å²) < 4.78 is 0. The van der Waals surface area contributed by atoms with Crippen LogP contribution in [0.2, 0.25) is 0 Å². The molecule has 2 amide bonds. The molecule has 2 unspecified atom stereocenters. The van der Waals surface area contributed by atoms with Crippen molar-refractivity contribution >= 4 is 34.7 Å². The maximum absolute atomic E-state index is 12.6. The van der Waals surface area contributed by atoms with Crippen molar-refractivity contribution in [3.63, 3.8) is 0 Å². The Balaban J connectivity index is 1.77. The number of rotatable bonds is 4. The monoisotopic (exact) mass is 338 g/mol. The fraction of sp³-hybridized carbons (Fsp3) is 0.353. The van der Waals surface area contributed by atoms with Crippen molar-refractivity contribution in [1.29, 1.82) is 10.7 Å². The Labute approximate surface area is 144 Å². The average Bonchev–Trinajstić information content (AvgIpc) is 2.87. The SMILES string of the molecule is N#C/C(=N\Nc1ccc(N2C(=O)C3CCCCC3C2=O)cc1)C(=N)N. The average molecular weight is 338 g/mol. The molecule has 2 aliphatic rings. The molecule has 0 aromatic heterocycles. The predicted molar refractivity (Wildman–Crippen MR) is 93.0 cm³/mol. The minimum absolute atomic E-state index is 0.114. The highest BCUT2D eigenvalue weighted by Gasteiger charge is 2.48. The van der Waals surface area contributed by atoms with Crippen molar-refractivity contribution in [3.05, 3.63) is 24.3 Å². The largest absolute Gasteiger partial charge is 0.382 e.